The van der Waals surface area contributed by atoms with Crippen LogP contribution >= 0.6 is 15.9 Å². The molecule has 0 spiro atoms. The number of halogens is 2. The standard InChI is InChI=1S/C15H13BrFN3O/c1-8-6-9(16)10(17)7-12(8)20-11-4-3-5-13(21-2)14(11)19-15(20)18/h3-7H,1-2H3,(H2,18,19). The Hall–Kier alpha value is -2.08. The molecule has 2 aromatic carbocycles. The Morgan fingerprint density at radius 1 is 1.33 bits per heavy atom. The Labute approximate surface area is 129 Å². The van der Waals surface area contributed by atoms with Crippen molar-refractivity contribution in [2.24, 2.45) is 0 Å². The number of imidazole rings is 1. The highest BCUT2D eigenvalue weighted by Gasteiger charge is 2.16. The van der Waals surface area contributed by atoms with Crippen molar-refractivity contribution < 1.29 is 9.13 Å². The number of ether oxygens (including phenoxy) is 1. The van der Waals surface area contributed by atoms with Crippen LogP contribution in [-0.2, 0) is 0 Å². The van der Waals surface area contributed by atoms with Gasteiger partial charge in [-0.05, 0) is 52.7 Å². The van der Waals surface area contributed by atoms with Crippen molar-refractivity contribution >= 4 is 32.9 Å². The van der Waals surface area contributed by atoms with Crippen molar-refractivity contribution in [3.63, 3.8) is 0 Å². The maximum absolute atomic E-state index is 13.9. The van der Waals surface area contributed by atoms with E-state index in [1.54, 1.807) is 17.7 Å². The lowest BCUT2D eigenvalue weighted by molar-refractivity contribution is 0.419. The molecule has 0 aliphatic carbocycles. The first-order valence-electron chi connectivity index (χ1n) is 6.30. The van der Waals surface area contributed by atoms with Gasteiger partial charge in [0, 0.05) is 0 Å². The zero-order valence-electron chi connectivity index (χ0n) is 11.5. The van der Waals surface area contributed by atoms with Gasteiger partial charge in [0.05, 0.1) is 22.8 Å². The van der Waals surface area contributed by atoms with E-state index >= 15 is 0 Å². The molecule has 0 amide bonds. The average molecular weight is 350 g/mol. The molecule has 108 valence electrons. The molecule has 1 aromatic heterocycles. The fourth-order valence-electron chi connectivity index (χ4n) is 2.39. The van der Waals surface area contributed by atoms with Gasteiger partial charge in [0.15, 0.2) is 0 Å². The summed E-state index contributed by atoms with van der Waals surface area (Å²) in [5, 5.41) is 0. The number of nitrogens with two attached hydrogens (primary N) is 1. The molecule has 0 saturated heterocycles. The monoisotopic (exact) mass is 349 g/mol. The van der Waals surface area contributed by atoms with Crippen molar-refractivity contribution in [3.05, 3.63) is 46.2 Å². The first-order valence-corrected chi connectivity index (χ1v) is 7.09. The summed E-state index contributed by atoms with van der Waals surface area (Å²) in [6.07, 6.45) is 0. The van der Waals surface area contributed by atoms with Gasteiger partial charge in [0.1, 0.15) is 17.1 Å². The summed E-state index contributed by atoms with van der Waals surface area (Å²) < 4.78 is 21.3. The third-order valence-corrected chi connectivity index (χ3v) is 3.98. The van der Waals surface area contributed by atoms with E-state index < -0.39 is 0 Å². The second-order valence-corrected chi connectivity index (χ2v) is 5.54. The van der Waals surface area contributed by atoms with E-state index in [0.29, 0.717) is 27.4 Å². The molecule has 0 aliphatic rings. The van der Waals surface area contributed by atoms with Gasteiger partial charge in [0.25, 0.3) is 0 Å². The van der Waals surface area contributed by atoms with E-state index in [4.69, 9.17) is 10.5 Å². The van der Waals surface area contributed by atoms with Gasteiger partial charge in [-0.15, -0.1) is 0 Å². The molecule has 4 nitrogen and oxygen atoms in total. The van der Waals surface area contributed by atoms with E-state index in [1.807, 2.05) is 25.1 Å². The highest BCUT2D eigenvalue weighted by molar-refractivity contribution is 9.10. The van der Waals surface area contributed by atoms with Crippen LogP contribution in [0.5, 0.6) is 5.75 Å². The average Bonchev–Trinajstić information content (AvgIpc) is 2.79. The molecule has 3 rings (SSSR count). The molecule has 0 saturated carbocycles. The molecule has 0 bridgehead atoms. The van der Waals surface area contributed by atoms with Gasteiger partial charge in [-0.1, -0.05) is 6.07 Å². The van der Waals surface area contributed by atoms with Crippen LogP contribution in [0, 0.1) is 12.7 Å². The third kappa shape index (κ3) is 2.15. The van der Waals surface area contributed by atoms with E-state index in [-0.39, 0.29) is 5.82 Å². The van der Waals surface area contributed by atoms with Gasteiger partial charge >= 0.3 is 0 Å². The highest BCUT2D eigenvalue weighted by atomic mass is 79.9. The number of nitrogens with zero attached hydrogens (tertiary/aromatic N) is 2. The van der Waals surface area contributed by atoms with Gasteiger partial charge < -0.3 is 10.5 Å². The number of hydrogen-bond acceptors (Lipinski definition) is 3. The number of fused-ring (bicyclic) bond motifs is 1. The van der Waals surface area contributed by atoms with Crippen molar-refractivity contribution in [3.8, 4) is 11.4 Å². The minimum Gasteiger partial charge on any atom is -0.494 e. The number of hydrogen-bond donors (Lipinski definition) is 1. The number of methoxy groups -OCH3 is 1. The number of para-hydroxylation sites is 1. The maximum atomic E-state index is 13.9. The van der Waals surface area contributed by atoms with Crippen LogP contribution in [0.4, 0.5) is 10.3 Å². The Bertz CT molecular complexity index is 845. The van der Waals surface area contributed by atoms with Crippen LogP contribution in [-0.4, -0.2) is 16.7 Å². The van der Waals surface area contributed by atoms with Gasteiger partial charge in [-0.2, -0.15) is 0 Å². The minimum absolute atomic E-state index is 0.291. The van der Waals surface area contributed by atoms with Crippen molar-refractivity contribution in [2.45, 2.75) is 6.92 Å². The Balaban J connectivity index is 2.36. The number of aryl methyl sites for hydroxylation is 1. The molecule has 6 heteroatoms. The van der Waals surface area contributed by atoms with Gasteiger partial charge in [0.2, 0.25) is 5.95 Å². The Kier molecular flexibility index (Phi) is 3.33. The third-order valence-electron chi connectivity index (χ3n) is 3.37. The molecule has 1 heterocycles. The van der Waals surface area contributed by atoms with Crippen LogP contribution in [0.15, 0.2) is 34.8 Å². The fraction of sp³-hybridized carbons (Fsp3) is 0.133. The lowest BCUT2D eigenvalue weighted by Crippen LogP contribution is -2.03. The topological polar surface area (TPSA) is 53.1 Å². The maximum Gasteiger partial charge on any atom is 0.206 e. The molecular weight excluding hydrogens is 337 g/mol. The molecule has 0 aliphatic heterocycles. The van der Waals surface area contributed by atoms with Crippen LogP contribution in [0.1, 0.15) is 5.56 Å². The lowest BCUT2D eigenvalue weighted by atomic mass is 10.2. The quantitative estimate of drug-likeness (QED) is 0.764. The molecule has 0 fully saturated rings. The van der Waals surface area contributed by atoms with Crippen LogP contribution < -0.4 is 10.5 Å². The molecule has 0 radical (unpaired) electrons. The zero-order chi connectivity index (χ0) is 15.1. The molecule has 21 heavy (non-hydrogen) atoms. The number of anilines is 1. The summed E-state index contributed by atoms with van der Waals surface area (Å²) in [7, 11) is 1.58. The molecule has 2 N–H and O–H groups in total. The summed E-state index contributed by atoms with van der Waals surface area (Å²) in [6.45, 7) is 1.89. The molecule has 0 unspecified atom stereocenters. The zero-order valence-corrected chi connectivity index (χ0v) is 13.1. The SMILES string of the molecule is COc1cccc2c1nc(N)n2-c1cc(F)c(Br)cc1C. The van der Waals surface area contributed by atoms with E-state index in [9.17, 15) is 4.39 Å². The number of aromatic nitrogens is 2. The largest absolute Gasteiger partial charge is 0.494 e. The normalized spacial score (nSPS) is 11.0. The lowest BCUT2D eigenvalue weighted by Gasteiger charge is -2.11. The molecular formula is C15H13BrFN3O. The number of nitrogen functional groups attached to an aromatic ring is 1. The van der Waals surface area contributed by atoms with Crippen molar-refractivity contribution in [2.75, 3.05) is 12.8 Å². The van der Waals surface area contributed by atoms with Gasteiger partial charge in [-0.3, -0.25) is 4.57 Å². The first-order chi connectivity index (χ1) is 10.0. The van der Waals surface area contributed by atoms with Crippen LogP contribution in [0.2, 0.25) is 0 Å². The van der Waals surface area contributed by atoms with E-state index in [2.05, 4.69) is 20.9 Å². The van der Waals surface area contributed by atoms with Crippen LogP contribution in [0.25, 0.3) is 16.7 Å². The first kappa shape index (κ1) is 13.9. The predicted octanol–water partition coefficient (Wildman–Crippen LogP) is 3.83. The highest BCUT2D eigenvalue weighted by Crippen LogP contribution is 2.32. The smallest absolute Gasteiger partial charge is 0.206 e. The second kappa shape index (κ2) is 5.04. The number of benzene rings is 2. The predicted molar refractivity (Wildman–Crippen MR) is 84.4 cm³/mol. The Morgan fingerprint density at radius 2 is 2.10 bits per heavy atom. The summed E-state index contributed by atoms with van der Waals surface area (Å²) in [5.41, 5.74) is 9.00. The fourth-order valence-corrected chi connectivity index (χ4v) is 2.84. The van der Waals surface area contributed by atoms with Crippen molar-refractivity contribution in [1.29, 1.82) is 0 Å². The molecule has 0 atom stereocenters. The van der Waals surface area contributed by atoms with E-state index in [1.165, 1.54) is 6.07 Å². The summed E-state index contributed by atoms with van der Waals surface area (Å²) in [4.78, 5) is 4.34. The van der Waals surface area contributed by atoms with Gasteiger partial charge in [-0.25, -0.2) is 9.37 Å². The molecule has 3 aromatic rings. The second-order valence-electron chi connectivity index (χ2n) is 4.69. The summed E-state index contributed by atoms with van der Waals surface area (Å²) in [5.74, 6) is 0.576. The number of rotatable bonds is 2. The Morgan fingerprint density at radius 3 is 2.81 bits per heavy atom. The summed E-state index contributed by atoms with van der Waals surface area (Å²) >= 11 is 3.18. The minimum atomic E-state index is -0.347. The van der Waals surface area contributed by atoms with Crippen molar-refractivity contribution in [1.82, 2.24) is 9.55 Å². The van der Waals surface area contributed by atoms with E-state index in [0.717, 1.165) is 11.1 Å². The van der Waals surface area contributed by atoms with Crippen LogP contribution in [0.3, 0.4) is 0 Å². The summed E-state index contributed by atoms with van der Waals surface area (Å²) in [6, 6.07) is 8.70.